The van der Waals surface area contributed by atoms with Gasteiger partial charge in [-0.2, -0.15) is 5.10 Å². The monoisotopic (exact) mass is 367 g/mol. The van der Waals surface area contributed by atoms with Gasteiger partial charge in [0.05, 0.1) is 11.7 Å². The Morgan fingerprint density at radius 1 is 1.15 bits per heavy atom. The summed E-state index contributed by atoms with van der Waals surface area (Å²) < 4.78 is 25.9. The van der Waals surface area contributed by atoms with E-state index in [0.717, 1.165) is 5.56 Å². The Labute approximate surface area is 155 Å². The van der Waals surface area contributed by atoms with Crippen LogP contribution in [-0.4, -0.2) is 28.9 Å². The Balaban J connectivity index is 1.47. The molecule has 6 nitrogen and oxygen atoms in total. The number of nitrogens with one attached hydrogen (secondary N) is 1. The van der Waals surface area contributed by atoms with E-state index in [-0.39, 0.29) is 23.5 Å². The summed E-state index contributed by atoms with van der Waals surface area (Å²) in [5.74, 6) is 0.710. The second-order valence-corrected chi connectivity index (χ2v) is 6.22. The van der Waals surface area contributed by atoms with Crippen molar-refractivity contribution in [1.29, 1.82) is 0 Å². The molecule has 1 N–H and O–H groups in total. The number of aromatic nitrogens is 2. The number of rotatable bonds is 4. The molecule has 0 saturated carbocycles. The third kappa shape index (κ3) is 3.62. The van der Waals surface area contributed by atoms with Crippen LogP contribution in [0.1, 0.15) is 29.0 Å². The van der Waals surface area contributed by atoms with E-state index in [1.807, 2.05) is 25.1 Å². The summed E-state index contributed by atoms with van der Waals surface area (Å²) in [4.78, 5) is 12.5. The lowest BCUT2D eigenvalue weighted by molar-refractivity contribution is 0.0934. The molecule has 1 aliphatic rings. The zero-order valence-corrected chi connectivity index (χ0v) is 14.7. The van der Waals surface area contributed by atoms with Crippen molar-refractivity contribution in [1.82, 2.24) is 15.1 Å². The van der Waals surface area contributed by atoms with Gasteiger partial charge in [0.15, 0.2) is 17.2 Å². The molecular weight excluding hydrogens is 349 g/mol. The molecule has 0 radical (unpaired) electrons. The molecule has 0 bridgehead atoms. The molecule has 138 valence electrons. The summed E-state index contributed by atoms with van der Waals surface area (Å²) in [7, 11) is 0. The number of hydrogen-bond donors (Lipinski definition) is 1. The molecule has 4 rings (SSSR count). The lowest BCUT2D eigenvalue weighted by Crippen LogP contribution is -2.27. The van der Waals surface area contributed by atoms with Crippen LogP contribution in [-0.2, 0) is 0 Å². The molecule has 0 spiro atoms. The largest absolute Gasteiger partial charge is 0.486 e. The van der Waals surface area contributed by atoms with Crippen molar-refractivity contribution in [2.45, 2.75) is 13.0 Å². The lowest BCUT2D eigenvalue weighted by atomic mass is 10.1. The highest BCUT2D eigenvalue weighted by molar-refractivity contribution is 5.92. The minimum Gasteiger partial charge on any atom is -0.486 e. The lowest BCUT2D eigenvalue weighted by Gasteiger charge is -2.21. The van der Waals surface area contributed by atoms with Crippen molar-refractivity contribution in [3.63, 3.8) is 0 Å². The van der Waals surface area contributed by atoms with Gasteiger partial charge < -0.3 is 14.8 Å². The Morgan fingerprint density at radius 2 is 1.96 bits per heavy atom. The molecule has 1 aromatic heterocycles. The number of ether oxygens (including phenoxy) is 2. The Bertz CT molecular complexity index is 986. The molecule has 2 heterocycles. The van der Waals surface area contributed by atoms with Crippen molar-refractivity contribution < 1.29 is 18.7 Å². The second kappa shape index (κ2) is 7.11. The van der Waals surface area contributed by atoms with Crippen molar-refractivity contribution in [2.75, 3.05) is 13.2 Å². The first-order chi connectivity index (χ1) is 13.1. The smallest absolute Gasteiger partial charge is 0.272 e. The van der Waals surface area contributed by atoms with E-state index in [1.54, 1.807) is 24.4 Å². The van der Waals surface area contributed by atoms with Gasteiger partial charge in [-0.3, -0.25) is 4.79 Å². The fourth-order valence-corrected chi connectivity index (χ4v) is 2.89. The Hall–Kier alpha value is -3.35. The van der Waals surface area contributed by atoms with Crippen molar-refractivity contribution >= 4 is 5.91 Å². The van der Waals surface area contributed by atoms with Gasteiger partial charge in [-0.25, -0.2) is 9.07 Å². The van der Waals surface area contributed by atoms with Crippen LogP contribution in [0.25, 0.3) is 5.69 Å². The number of hydrogen-bond acceptors (Lipinski definition) is 4. The molecule has 0 fully saturated rings. The maximum absolute atomic E-state index is 13.4. The molecular formula is C20H18FN3O3. The number of carbonyl (C=O) groups excluding carboxylic acids is 1. The first-order valence-corrected chi connectivity index (χ1v) is 8.62. The SMILES string of the molecule is CC(NC(=O)c1ccn(-c2cccc(F)c2)n1)c1ccc2c(c1)OCCO2. The molecule has 0 aliphatic carbocycles. The number of nitrogens with zero attached hydrogens (tertiary/aromatic N) is 2. The van der Waals surface area contributed by atoms with Crippen LogP contribution < -0.4 is 14.8 Å². The molecule has 1 aliphatic heterocycles. The van der Waals surface area contributed by atoms with Crippen LogP contribution in [0.15, 0.2) is 54.7 Å². The highest BCUT2D eigenvalue weighted by Crippen LogP contribution is 2.32. The van der Waals surface area contributed by atoms with Gasteiger partial charge in [-0.1, -0.05) is 12.1 Å². The van der Waals surface area contributed by atoms with E-state index in [0.29, 0.717) is 30.4 Å². The summed E-state index contributed by atoms with van der Waals surface area (Å²) >= 11 is 0. The molecule has 27 heavy (non-hydrogen) atoms. The first kappa shape index (κ1) is 17.1. The van der Waals surface area contributed by atoms with Gasteiger partial charge in [0.2, 0.25) is 0 Å². The highest BCUT2D eigenvalue weighted by atomic mass is 19.1. The molecule has 1 unspecified atom stereocenters. The number of carbonyl (C=O) groups is 1. The van der Waals surface area contributed by atoms with Crippen molar-refractivity contribution in [2.24, 2.45) is 0 Å². The zero-order valence-electron chi connectivity index (χ0n) is 14.7. The van der Waals surface area contributed by atoms with Gasteiger partial charge in [0.1, 0.15) is 19.0 Å². The quantitative estimate of drug-likeness (QED) is 0.769. The van der Waals surface area contributed by atoms with Gasteiger partial charge in [-0.15, -0.1) is 0 Å². The number of amides is 1. The van der Waals surface area contributed by atoms with Crippen LogP contribution in [0.4, 0.5) is 4.39 Å². The standard InChI is InChI=1S/C20H18FN3O3/c1-13(14-5-6-18-19(11-14)27-10-9-26-18)22-20(25)17-7-8-24(23-17)16-4-2-3-15(21)12-16/h2-8,11-13H,9-10H2,1H3,(H,22,25). The van der Waals surface area contributed by atoms with E-state index >= 15 is 0 Å². The molecule has 0 saturated heterocycles. The number of halogens is 1. The molecule has 2 aromatic carbocycles. The van der Waals surface area contributed by atoms with Crippen LogP contribution in [0.5, 0.6) is 11.5 Å². The fourth-order valence-electron chi connectivity index (χ4n) is 2.89. The summed E-state index contributed by atoms with van der Waals surface area (Å²) in [5, 5.41) is 7.14. The van der Waals surface area contributed by atoms with Gasteiger partial charge >= 0.3 is 0 Å². The predicted octanol–water partition coefficient (Wildman–Crippen LogP) is 3.27. The van der Waals surface area contributed by atoms with Crippen LogP contribution in [0.3, 0.4) is 0 Å². The van der Waals surface area contributed by atoms with E-state index in [2.05, 4.69) is 10.4 Å². The van der Waals surface area contributed by atoms with Gasteiger partial charge in [-0.05, 0) is 48.9 Å². The van der Waals surface area contributed by atoms with E-state index < -0.39 is 0 Å². The number of benzene rings is 2. The van der Waals surface area contributed by atoms with Gasteiger partial charge in [0, 0.05) is 6.20 Å². The third-order valence-corrected chi connectivity index (χ3v) is 4.31. The van der Waals surface area contributed by atoms with Crippen molar-refractivity contribution in [3.05, 3.63) is 71.8 Å². The minimum absolute atomic E-state index is 0.243. The summed E-state index contributed by atoms with van der Waals surface area (Å²) in [5.41, 5.74) is 1.70. The maximum Gasteiger partial charge on any atom is 0.272 e. The summed E-state index contributed by atoms with van der Waals surface area (Å²) in [6.45, 7) is 2.92. The molecule has 7 heteroatoms. The predicted molar refractivity (Wildman–Crippen MR) is 96.8 cm³/mol. The van der Waals surface area contributed by atoms with E-state index in [1.165, 1.54) is 16.8 Å². The fraction of sp³-hybridized carbons (Fsp3) is 0.200. The minimum atomic E-state index is -0.360. The molecule has 1 amide bonds. The average Bonchev–Trinajstić information content (AvgIpc) is 3.18. The zero-order chi connectivity index (χ0) is 18.8. The van der Waals surface area contributed by atoms with Crippen LogP contribution >= 0.6 is 0 Å². The van der Waals surface area contributed by atoms with E-state index in [9.17, 15) is 9.18 Å². The van der Waals surface area contributed by atoms with Crippen molar-refractivity contribution in [3.8, 4) is 17.2 Å². The van der Waals surface area contributed by atoms with Crippen LogP contribution in [0.2, 0.25) is 0 Å². The topological polar surface area (TPSA) is 65.4 Å². The first-order valence-electron chi connectivity index (χ1n) is 8.62. The molecule has 1 atom stereocenters. The Kier molecular flexibility index (Phi) is 4.50. The summed E-state index contributed by atoms with van der Waals surface area (Å²) in [6.07, 6.45) is 1.62. The van der Waals surface area contributed by atoms with E-state index in [4.69, 9.17) is 9.47 Å². The number of fused-ring (bicyclic) bond motifs is 1. The average molecular weight is 367 g/mol. The molecule has 3 aromatic rings. The normalized spacial score (nSPS) is 13.9. The Morgan fingerprint density at radius 3 is 2.78 bits per heavy atom. The van der Waals surface area contributed by atoms with Gasteiger partial charge in [0.25, 0.3) is 5.91 Å². The second-order valence-electron chi connectivity index (χ2n) is 6.22. The third-order valence-electron chi connectivity index (χ3n) is 4.31. The van der Waals surface area contributed by atoms with Crippen LogP contribution in [0, 0.1) is 5.82 Å². The summed E-state index contributed by atoms with van der Waals surface area (Å²) in [6, 6.07) is 13.0. The maximum atomic E-state index is 13.4. The highest BCUT2D eigenvalue weighted by Gasteiger charge is 2.17.